The fraction of sp³-hybridized carbons (Fsp3) is 0.550. The highest BCUT2D eigenvalue weighted by Crippen LogP contribution is 2.28. The van der Waals surface area contributed by atoms with Gasteiger partial charge in [0.15, 0.2) is 0 Å². The molecule has 0 unspecified atom stereocenters. The van der Waals surface area contributed by atoms with E-state index in [4.69, 9.17) is 4.42 Å². The Morgan fingerprint density at radius 3 is 2.84 bits per heavy atom. The number of benzene rings is 1. The molecule has 1 aromatic carbocycles. The minimum Gasteiger partial charge on any atom is -0.425 e. The van der Waals surface area contributed by atoms with Crippen LogP contribution >= 0.6 is 0 Å². The maximum absolute atomic E-state index is 12.8. The van der Waals surface area contributed by atoms with E-state index in [0.717, 1.165) is 36.9 Å². The SMILES string of the molecule is Cc1cccc(C(=O)N2CCC[C@H](c3nnc(CC(C)(C)C)o3)C2)c1. The van der Waals surface area contributed by atoms with Gasteiger partial charge in [-0.2, -0.15) is 0 Å². The van der Waals surface area contributed by atoms with Crippen LogP contribution in [0.25, 0.3) is 0 Å². The van der Waals surface area contributed by atoms with E-state index in [0.29, 0.717) is 18.3 Å². The van der Waals surface area contributed by atoms with Crippen molar-refractivity contribution in [3.63, 3.8) is 0 Å². The standard InChI is InChI=1S/C20H27N3O2/c1-14-7-5-8-15(11-14)19(24)23-10-6-9-16(13-23)18-22-21-17(25-18)12-20(2,3)4/h5,7-8,11,16H,6,9-10,12-13H2,1-4H3/t16-/m0/s1. The van der Waals surface area contributed by atoms with Gasteiger partial charge in [-0.1, -0.05) is 38.5 Å². The number of aryl methyl sites for hydroxylation is 1. The quantitative estimate of drug-likeness (QED) is 0.847. The van der Waals surface area contributed by atoms with Gasteiger partial charge in [-0.25, -0.2) is 0 Å². The van der Waals surface area contributed by atoms with E-state index in [9.17, 15) is 4.79 Å². The van der Waals surface area contributed by atoms with Crippen LogP contribution in [0.2, 0.25) is 0 Å². The van der Waals surface area contributed by atoms with Crippen molar-refractivity contribution in [3.05, 3.63) is 47.2 Å². The number of carbonyl (C=O) groups is 1. The lowest BCUT2D eigenvalue weighted by Crippen LogP contribution is -2.39. The minimum atomic E-state index is 0.0860. The predicted octanol–water partition coefficient (Wildman–Crippen LogP) is 3.99. The van der Waals surface area contributed by atoms with Crippen LogP contribution in [0.15, 0.2) is 28.7 Å². The summed E-state index contributed by atoms with van der Waals surface area (Å²) in [5.41, 5.74) is 1.96. The van der Waals surface area contributed by atoms with Gasteiger partial charge in [0.1, 0.15) is 0 Å². The fourth-order valence-corrected chi connectivity index (χ4v) is 3.28. The molecule has 1 atom stereocenters. The van der Waals surface area contributed by atoms with Crippen molar-refractivity contribution in [1.82, 2.24) is 15.1 Å². The lowest BCUT2D eigenvalue weighted by molar-refractivity contribution is 0.0697. The number of carbonyl (C=O) groups excluding carboxylic acids is 1. The van der Waals surface area contributed by atoms with Gasteiger partial charge in [-0.15, -0.1) is 10.2 Å². The molecular formula is C20H27N3O2. The van der Waals surface area contributed by atoms with E-state index in [1.54, 1.807) is 0 Å². The van der Waals surface area contributed by atoms with Gasteiger partial charge in [0.2, 0.25) is 11.8 Å². The normalized spacial score (nSPS) is 18.4. The smallest absolute Gasteiger partial charge is 0.253 e. The second kappa shape index (κ2) is 6.98. The number of hydrogen-bond acceptors (Lipinski definition) is 4. The largest absolute Gasteiger partial charge is 0.425 e. The molecule has 1 aliphatic heterocycles. The lowest BCUT2D eigenvalue weighted by atomic mass is 9.92. The summed E-state index contributed by atoms with van der Waals surface area (Å²) in [4.78, 5) is 14.7. The molecule has 5 heteroatoms. The maximum atomic E-state index is 12.8. The third kappa shape index (κ3) is 4.47. The summed E-state index contributed by atoms with van der Waals surface area (Å²) >= 11 is 0. The molecule has 0 saturated carbocycles. The van der Waals surface area contributed by atoms with Crippen LogP contribution in [-0.4, -0.2) is 34.1 Å². The highest BCUT2D eigenvalue weighted by Gasteiger charge is 2.29. The third-order valence-electron chi connectivity index (χ3n) is 4.49. The van der Waals surface area contributed by atoms with Gasteiger partial charge in [0, 0.05) is 25.1 Å². The molecule has 0 aliphatic carbocycles. The minimum absolute atomic E-state index is 0.0860. The number of aromatic nitrogens is 2. The number of rotatable bonds is 3. The van der Waals surface area contributed by atoms with Gasteiger partial charge in [-0.3, -0.25) is 4.79 Å². The summed E-state index contributed by atoms with van der Waals surface area (Å²) in [7, 11) is 0. The molecule has 1 amide bonds. The van der Waals surface area contributed by atoms with Crippen LogP contribution in [0.1, 0.15) is 67.2 Å². The molecule has 0 spiro atoms. The predicted molar refractivity (Wildman–Crippen MR) is 96.5 cm³/mol. The Morgan fingerprint density at radius 1 is 1.32 bits per heavy atom. The van der Waals surface area contributed by atoms with Crippen LogP contribution in [0.3, 0.4) is 0 Å². The molecule has 1 aliphatic rings. The maximum Gasteiger partial charge on any atom is 0.253 e. The zero-order valence-corrected chi connectivity index (χ0v) is 15.6. The molecule has 25 heavy (non-hydrogen) atoms. The molecule has 1 saturated heterocycles. The van der Waals surface area contributed by atoms with Crippen molar-refractivity contribution in [1.29, 1.82) is 0 Å². The first-order valence-electron chi connectivity index (χ1n) is 9.00. The Kier molecular flexibility index (Phi) is 4.93. The average Bonchev–Trinajstić information content (AvgIpc) is 3.01. The zero-order chi connectivity index (χ0) is 18.0. The molecule has 2 aromatic rings. The van der Waals surface area contributed by atoms with Gasteiger partial charge < -0.3 is 9.32 Å². The monoisotopic (exact) mass is 341 g/mol. The van der Waals surface area contributed by atoms with Crippen LogP contribution < -0.4 is 0 Å². The van der Waals surface area contributed by atoms with Crippen molar-refractivity contribution in [2.75, 3.05) is 13.1 Å². The van der Waals surface area contributed by atoms with E-state index in [2.05, 4.69) is 31.0 Å². The van der Waals surface area contributed by atoms with Crippen molar-refractivity contribution in [2.45, 2.75) is 52.9 Å². The van der Waals surface area contributed by atoms with Crippen molar-refractivity contribution < 1.29 is 9.21 Å². The Morgan fingerprint density at radius 2 is 2.12 bits per heavy atom. The first-order chi connectivity index (χ1) is 11.8. The van der Waals surface area contributed by atoms with Gasteiger partial charge >= 0.3 is 0 Å². The lowest BCUT2D eigenvalue weighted by Gasteiger charge is -2.31. The average molecular weight is 341 g/mol. The summed E-state index contributed by atoms with van der Waals surface area (Å²) in [5, 5.41) is 8.45. The number of amides is 1. The van der Waals surface area contributed by atoms with Crippen LogP contribution in [0, 0.1) is 12.3 Å². The Balaban J connectivity index is 1.70. The van der Waals surface area contributed by atoms with Crippen molar-refractivity contribution in [2.24, 2.45) is 5.41 Å². The molecule has 0 N–H and O–H groups in total. The van der Waals surface area contributed by atoms with Gasteiger partial charge in [0.25, 0.3) is 5.91 Å². The summed E-state index contributed by atoms with van der Waals surface area (Å²) in [6.07, 6.45) is 2.70. The molecule has 134 valence electrons. The van der Waals surface area contributed by atoms with Crippen molar-refractivity contribution >= 4 is 5.91 Å². The first kappa shape index (κ1) is 17.6. The second-order valence-corrected chi connectivity index (χ2v) is 8.23. The molecule has 2 heterocycles. The molecule has 0 bridgehead atoms. The third-order valence-corrected chi connectivity index (χ3v) is 4.49. The van der Waals surface area contributed by atoms with Crippen LogP contribution in [0.5, 0.6) is 0 Å². The highest BCUT2D eigenvalue weighted by atomic mass is 16.4. The molecule has 5 nitrogen and oxygen atoms in total. The molecule has 0 radical (unpaired) electrons. The number of hydrogen-bond donors (Lipinski definition) is 0. The van der Waals surface area contributed by atoms with Crippen LogP contribution in [-0.2, 0) is 6.42 Å². The Labute approximate surface area is 149 Å². The number of likely N-dealkylation sites (tertiary alicyclic amines) is 1. The van der Waals surface area contributed by atoms with E-state index in [1.807, 2.05) is 36.1 Å². The first-order valence-corrected chi connectivity index (χ1v) is 9.00. The number of nitrogens with zero attached hydrogens (tertiary/aromatic N) is 3. The van der Waals surface area contributed by atoms with E-state index < -0.39 is 0 Å². The van der Waals surface area contributed by atoms with Gasteiger partial charge in [0.05, 0.1) is 5.92 Å². The Bertz CT molecular complexity index is 745. The van der Waals surface area contributed by atoms with E-state index in [-0.39, 0.29) is 17.2 Å². The summed E-state index contributed by atoms with van der Waals surface area (Å²) in [5.74, 6) is 1.57. The second-order valence-electron chi connectivity index (χ2n) is 8.23. The summed E-state index contributed by atoms with van der Waals surface area (Å²) in [6.45, 7) is 9.89. The van der Waals surface area contributed by atoms with Gasteiger partial charge in [-0.05, 0) is 37.3 Å². The van der Waals surface area contributed by atoms with Crippen molar-refractivity contribution in [3.8, 4) is 0 Å². The van der Waals surface area contributed by atoms with E-state index >= 15 is 0 Å². The molecule has 1 fully saturated rings. The zero-order valence-electron chi connectivity index (χ0n) is 15.6. The molecular weight excluding hydrogens is 314 g/mol. The molecule has 3 rings (SSSR count). The molecule has 1 aromatic heterocycles. The number of piperidine rings is 1. The summed E-state index contributed by atoms with van der Waals surface area (Å²) in [6, 6.07) is 7.76. The fourth-order valence-electron chi connectivity index (χ4n) is 3.28. The van der Waals surface area contributed by atoms with E-state index in [1.165, 1.54) is 0 Å². The topological polar surface area (TPSA) is 59.2 Å². The summed E-state index contributed by atoms with van der Waals surface area (Å²) < 4.78 is 5.89. The Hall–Kier alpha value is -2.17. The van der Waals surface area contributed by atoms with Crippen LogP contribution in [0.4, 0.5) is 0 Å². The highest BCUT2D eigenvalue weighted by molar-refractivity contribution is 5.94.